The van der Waals surface area contributed by atoms with Crippen LogP contribution in [-0.4, -0.2) is 34.3 Å². The highest BCUT2D eigenvalue weighted by Crippen LogP contribution is 2.27. The molecule has 0 unspecified atom stereocenters. The minimum atomic E-state index is -0.665. The van der Waals surface area contributed by atoms with Crippen molar-refractivity contribution in [3.05, 3.63) is 59.7 Å². The largest absolute Gasteiger partial charge is 0.331 e. The fourth-order valence-electron chi connectivity index (χ4n) is 2.70. The number of carbonyl (C=O) groups is 2. The van der Waals surface area contributed by atoms with Crippen LogP contribution in [0.15, 0.2) is 42.6 Å². The van der Waals surface area contributed by atoms with Gasteiger partial charge in [-0.1, -0.05) is 12.1 Å². The van der Waals surface area contributed by atoms with Gasteiger partial charge in [-0.25, -0.2) is 4.39 Å². The lowest BCUT2D eigenvalue weighted by molar-refractivity contribution is -0.143. The third kappa shape index (κ3) is 4.41. The molecule has 0 saturated heterocycles. The summed E-state index contributed by atoms with van der Waals surface area (Å²) >= 11 is 0. The minimum absolute atomic E-state index is 0.0989. The SMILES string of the molecule is Cc1ncccc1NC(=O)C(=O)N(CCc1cccc(F)c1)C1CC1. The molecular formula is C19H20FN3O2. The predicted molar refractivity (Wildman–Crippen MR) is 92.4 cm³/mol. The summed E-state index contributed by atoms with van der Waals surface area (Å²) in [5.41, 5.74) is 1.99. The van der Waals surface area contributed by atoms with Crippen LogP contribution >= 0.6 is 0 Å². The van der Waals surface area contributed by atoms with E-state index in [0.29, 0.717) is 24.3 Å². The summed E-state index contributed by atoms with van der Waals surface area (Å²) in [5, 5.41) is 2.63. The Morgan fingerprint density at radius 3 is 2.76 bits per heavy atom. The zero-order valence-corrected chi connectivity index (χ0v) is 14.0. The lowest BCUT2D eigenvalue weighted by Crippen LogP contribution is -2.42. The van der Waals surface area contributed by atoms with Crippen molar-refractivity contribution in [3.8, 4) is 0 Å². The van der Waals surface area contributed by atoms with Crippen molar-refractivity contribution in [2.24, 2.45) is 0 Å². The zero-order valence-electron chi connectivity index (χ0n) is 14.0. The molecule has 2 amide bonds. The number of pyridine rings is 1. The monoisotopic (exact) mass is 341 g/mol. The first-order valence-electron chi connectivity index (χ1n) is 8.32. The summed E-state index contributed by atoms with van der Waals surface area (Å²) in [6, 6.07) is 9.81. The van der Waals surface area contributed by atoms with E-state index in [-0.39, 0.29) is 11.9 Å². The molecule has 0 aliphatic heterocycles. The number of nitrogens with zero attached hydrogens (tertiary/aromatic N) is 2. The number of aromatic nitrogens is 1. The van der Waals surface area contributed by atoms with Crippen LogP contribution in [-0.2, 0) is 16.0 Å². The summed E-state index contributed by atoms with van der Waals surface area (Å²) < 4.78 is 13.3. The van der Waals surface area contributed by atoms with Gasteiger partial charge in [-0.15, -0.1) is 0 Å². The van der Waals surface area contributed by atoms with Crippen molar-refractivity contribution in [1.29, 1.82) is 0 Å². The first-order chi connectivity index (χ1) is 12.0. The first-order valence-corrected chi connectivity index (χ1v) is 8.32. The van der Waals surface area contributed by atoms with Crippen LogP contribution < -0.4 is 5.32 Å². The average molecular weight is 341 g/mol. The number of halogens is 1. The van der Waals surface area contributed by atoms with E-state index in [1.807, 2.05) is 6.07 Å². The topological polar surface area (TPSA) is 62.3 Å². The highest BCUT2D eigenvalue weighted by Gasteiger charge is 2.35. The number of hydrogen-bond acceptors (Lipinski definition) is 3. The highest BCUT2D eigenvalue weighted by atomic mass is 19.1. The normalized spacial score (nSPS) is 13.4. The third-order valence-electron chi connectivity index (χ3n) is 4.23. The Hall–Kier alpha value is -2.76. The molecule has 25 heavy (non-hydrogen) atoms. The van der Waals surface area contributed by atoms with Gasteiger partial charge in [0.25, 0.3) is 0 Å². The second-order valence-electron chi connectivity index (χ2n) is 6.20. The van der Waals surface area contributed by atoms with Crippen molar-refractivity contribution in [3.63, 3.8) is 0 Å². The molecule has 1 aromatic heterocycles. The summed E-state index contributed by atoms with van der Waals surface area (Å²) in [7, 11) is 0. The number of nitrogens with one attached hydrogen (secondary N) is 1. The number of hydrogen-bond donors (Lipinski definition) is 1. The van der Waals surface area contributed by atoms with Gasteiger partial charge in [0, 0.05) is 18.8 Å². The van der Waals surface area contributed by atoms with Gasteiger partial charge in [0.15, 0.2) is 0 Å². The minimum Gasteiger partial charge on any atom is -0.331 e. The Labute approximate surface area is 145 Å². The van der Waals surface area contributed by atoms with Crippen molar-refractivity contribution in [1.82, 2.24) is 9.88 Å². The molecule has 5 nitrogen and oxygen atoms in total. The number of aryl methyl sites for hydroxylation is 1. The molecule has 1 N–H and O–H groups in total. The number of rotatable bonds is 5. The lowest BCUT2D eigenvalue weighted by atomic mass is 10.1. The van der Waals surface area contributed by atoms with Crippen LogP contribution in [0.25, 0.3) is 0 Å². The van der Waals surface area contributed by atoms with Gasteiger partial charge in [-0.2, -0.15) is 0 Å². The molecule has 1 heterocycles. The number of benzene rings is 1. The van der Waals surface area contributed by atoms with E-state index in [9.17, 15) is 14.0 Å². The molecule has 2 aromatic rings. The van der Waals surface area contributed by atoms with Gasteiger partial charge in [0.2, 0.25) is 0 Å². The van der Waals surface area contributed by atoms with E-state index in [0.717, 1.165) is 18.4 Å². The Balaban J connectivity index is 1.64. The van der Waals surface area contributed by atoms with Crippen LogP contribution in [0.2, 0.25) is 0 Å². The molecule has 6 heteroatoms. The summed E-state index contributed by atoms with van der Waals surface area (Å²) in [6.45, 7) is 2.16. The predicted octanol–water partition coefficient (Wildman–Crippen LogP) is 2.70. The fourth-order valence-corrected chi connectivity index (χ4v) is 2.70. The molecule has 0 spiro atoms. The fraction of sp³-hybridized carbons (Fsp3) is 0.316. The molecular weight excluding hydrogens is 321 g/mol. The van der Waals surface area contributed by atoms with Crippen molar-refractivity contribution < 1.29 is 14.0 Å². The lowest BCUT2D eigenvalue weighted by Gasteiger charge is -2.22. The smallest absolute Gasteiger partial charge is 0.313 e. The van der Waals surface area contributed by atoms with E-state index in [1.54, 1.807) is 36.2 Å². The second-order valence-corrected chi connectivity index (χ2v) is 6.20. The second kappa shape index (κ2) is 7.42. The van der Waals surface area contributed by atoms with Gasteiger partial charge < -0.3 is 10.2 Å². The Kier molecular flexibility index (Phi) is 5.07. The summed E-state index contributed by atoms with van der Waals surface area (Å²) in [4.78, 5) is 30.5. The van der Waals surface area contributed by atoms with E-state index in [1.165, 1.54) is 12.1 Å². The molecule has 1 aliphatic rings. The van der Waals surface area contributed by atoms with Gasteiger partial charge in [-0.05, 0) is 56.0 Å². The number of carbonyl (C=O) groups excluding carboxylic acids is 2. The number of amides is 2. The maximum absolute atomic E-state index is 13.3. The van der Waals surface area contributed by atoms with Crippen LogP contribution in [0.4, 0.5) is 10.1 Å². The molecule has 130 valence electrons. The van der Waals surface area contributed by atoms with Crippen molar-refractivity contribution in [2.45, 2.75) is 32.2 Å². The maximum atomic E-state index is 13.3. The summed E-state index contributed by atoms with van der Waals surface area (Å²) in [6.07, 6.45) is 3.93. The Morgan fingerprint density at radius 2 is 2.08 bits per heavy atom. The van der Waals surface area contributed by atoms with E-state index in [4.69, 9.17) is 0 Å². The van der Waals surface area contributed by atoms with Crippen molar-refractivity contribution >= 4 is 17.5 Å². The van der Waals surface area contributed by atoms with Gasteiger partial charge in [-0.3, -0.25) is 14.6 Å². The molecule has 0 bridgehead atoms. The van der Waals surface area contributed by atoms with E-state index in [2.05, 4.69) is 10.3 Å². The molecule has 0 atom stereocenters. The number of anilines is 1. The Bertz CT molecular complexity index is 790. The van der Waals surface area contributed by atoms with Gasteiger partial charge in [0.05, 0.1) is 11.4 Å². The zero-order chi connectivity index (χ0) is 17.8. The highest BCUT2D eigenvalue weighted by molar-refractivity contribution is 6.39. The van der Waals surface area contributed by atoms with E-state index < -0.39 is 11.8 Å². The molecule has 1 aliphatic carbocycles. The average Bonchev–Trinajstić information content (AvgIpc) is 3.42. The molecule has 1 aromatic carbocycles. The van der Waals surface area contributed by atoms with Crippen LogP contribution in [0.3, 0.4) is 0 Å². The molecule has 1 fully saturated rings. The first kappa shape index (κ1) is 17.1. The quantitative estimate of drug-likeness (QED) is 0.851. The maximum Gasteiger partial charge on any atom is 0.313 e. The van der Waals surface area contributed by atoms with E-state index >= 15 is 0 Å². The van der Waals surface area contributed by atoms with Crippen LogP contribution in [0, 0.1) is 12.7 Å². The Morgan fingerprint density at radius 1 is 1.28 bits per heavy atom. The molecule has 1 saturated carbocycles. The third-order valence-corrected chi connectivity index (χ3v) is 4.23. The van der Waals surface area contributed by atoms with Crippen LogP contribution in [0.1, 0.15) is 24.1 Å². The summed E-state index contributed by atoms with van der Waals surface area (Å²) in [5.74, 6) is -1.52. The van der Waals surface area contributed by atoms with Crippen LogP contribution in [0.5, 0.6) is 0 Å². The van der Waals surface area contributed by atoms with Gasteiger partial charge in [0.1, 0.15) is 5.82 Å². The standard InChI is InChI=1S/C19H20FN3O2/c1-13-17(6-3-10-21-13)22-18(24)19(25)23(16-7-8-16)11-9-14-4-2-5-15(20)12-14/h2-6,10,12,16H,7-9,11H2,1H3,(H,22,24). The molecule has 0 radical (unpaired) electrons. The molecule has 3 rings (SSSR count). The van der Waals surface area contributed by atoms with Crippen molar-refractivity contribution in [2.75, 3.05) is 11.9 Å². The van der Waals surface area contributed by atoms with Gasteiger partial charge >= 0.3 is 11.8 Å².